The van der Waals surface area contributed by atoms with Crippen molar-refractivity contribution in [3.63, 3.8) is 0 Å². The molecule has 0 aliphatic heterocycles. The molecule has 2 aromatic rings. The molecule has 0 heterocycles. The maximum absolute atomic E-state index is 9.34. The second kappa shape index (κ2) is 6.40. The van der Waals surface area contributed by atoms with Crippen LogP contribution in [-0.2, 0) is 6.42 Å². The van der Waals surface area contributed by atoms with Gasteiger partial charge >= 0.3 is 0 Å². The van der Waals surface area contributed by atoms with Crippen molar-refractivity contribution in [1.29, 1.82) is 5.26 Å². The largest absolute Gasteiger partial charge is 0.497 e. The second-order valence-corrected chi connectivity index (χ2v) is 5.20. The SMILES string of the molecule is COc1cccc(CC(C#N)c2ccc(Br)cc2)c1. The molecule has 0 amide bonds. The highest BCUT2D eigenvalue weighted by molar-refractivity contribution is 9.10. The number of hydrogen-bond donors (Lipinski definition) is 0. The van der Waals surface area contributed by atoms with Crippen LogP contribution in [0.3, 0.4) is 0 Å². The first kappa shape index (κ1) is 13.6. The Bertz CT molecular complexity index is 586. The Hall–Kier alpha value is -1.79. The molecule has 0 saturated heterocycles. The van der Waals surface area contributed by atoms with E-state index in [4.69, 9.17) is 4.74 Å². The number of methoxy groups -OCH3 is 1. The van der Waals surface area contributed by atoms with Gasteiger partial charge in [0.15, 0.2) is 0 Å². The Kier molecular flexibility index (Phi) is 4.59. The quantitative estimate of drug-likeness (QED) is 0.842. The zero-order valence-electron chi connectivity index (χ0n) is 10.6. The van der Waals surface area contributed by atoms with Crippen LogP contribution in [0.4, 0.5) is 0 Å². The van der Waals surface area contributed by atoms with E-state index in [2.05, 4.69) is 22.0 Å². The molecule has 1 atom stereocenters. The van der Waals surface area contributed by atoms with Crippen LogP contribution < -0.4 is 4.74 Å². The minimum absolute atomic E-state index is 0.139. The van der Waals surface area contributed by atoms with Crippen LogP contribution in [0.2, 0.25) is 0 Å². The van der Waals surface area contributed by atoms with Crippen LogP contribution in [0, 0.1) is 11.3 Å². The van der Waals surface area contributed by atoms with Gasteiger partial charge in [-0.15, -0.1) is 0 Å². The third-order valence-electron chi connectivity index (χ3n) is 3.00. The lowest BCUT2D eigenvalue weighted by Gasteiger charge is -2.10. The highest BCUT2D eigenvalue weighted by Crippen LogP contribution is 2.24. The highest BCUT2D eigenvalue weighted by atomic mass is 79.9. The number of halogens is 1. The first-order valence-corrected chi connectivity index (χ1v) is 6.80. The molecule has 0 N–H and O–H groups in total. The molecule has 0 fully saturated rings. The van der Waals surface area contributed by atoms with E-state index in [-0.39, 0.29) is 5.92 Å². The third kappa shape index (κ3) is 3.59. The smallest absolute Gasteiger partial charge is 0.119 e. The standard InChI is InChI=1S/C16H14BrNO/c1-19-16-4-2-3-12(10-16)9-14(11-18)13-5-7-15(17)8-6-13/h2-8,10,14H,9H2,1H3. The average Bonchev–Trinajstić information content (AvgIpc) is 2.46. The molecule has 0 saturated carbocycles. The van der Waals surface area contributed by atoms with Gasteiger partial charge in [-0.3, -0.25) is 0 Å². The predicted octanol–water partition coefficient (Wildman–Crippen LogP) is 4.31. The number of benzene rings is 2. The summed E-state index contributed by atoms with van der Waals surface area (Å²) >= 11 is 3.40. The Balaban J connectivity index is 2.19. The molecule has 0 bridgehead atoms. The maximum Gasteiger partial charge on any atom is 0.119 e. The molecule has 2 rings (SSSR count). The van der Waals surface area contributed by atoms with Gasteiger partial charge in [-0.1, -0.05) is 40.2 Å². The third-order valence-corrected chi connectivity index (χ3v) is 3.53. The number of ether oxygens (including phenoxy) is 1. The van der Waals surface area contributed by atoms with Crippen molar-refractivity contribution in [3.8, 4) is 11.8 Å². The Labute approximate surface area is 121 Å². The molecular formula is C16H14BrNO. The van der Waals surface area contributed by atoms with Gasteiger partial charge in [-0.25, -0.2) is 0 Å². The summed E-state index contributed by atoms with van der Waals surface area (Å²) in [7, 11) is 1.65. The Morgan fingerprint density at radius 1 is 1.21 bits per heavy atom. The van der Waals surface area contributed by atoms with E-state index in [0.717, 1.165) is 21.3 Å². The van der Waals surface area contributed by atoms with Crippen LogP contribution >= 0.6 is 15.9 Å². The van der Waals surface area contributed by atoms with Crippen LogP contribution in [0.1, 0.15) is 17.0 Å². The molecule has 1 unspecified atom stereocenters. The summed E-state index contributed by atoms with van der Waals surface area (Å²) in [6.07, 6.45) is 0.690. The molecule has 2 nitrogen and oxygen atoms in total. The predicted molar refractivity (Wildman–Crippen MR) is 79.2 cm³/mol. The number of nitrogens with zero attached hydrogens (tertiary/aromatic N) is 1. The van der Waals surface area contributed by atoms with Gasteiger partial charge in [0.2, 0.25) is 0 Å². The zero-order chi connectivity index (χ0) is 13.7. The normalized spacial score (nSPS) is 11.6. The van der Waals surface area contributed by atoms with Gasteiger partial charge < -0.3 is 4.74 Å². The van der Waals surface area contributed by atoms with Crippen molar-refractivity contribution in [2.24, 2.45) is 0 Å². The fourth-order valence-corrected chi connectivity index (χ4v) is 2.23. The van der Waals surface area contributed by atoms with Crippen LogP contribution in [0.15, 0.2) is 53.0 Å². The fraction of sp³-hybridized carbons (Fsp3) is 0.188. The van der Waals surface area contributed by atoms with Gasteiger partial charge in [-0.05, 0) is 41.8 Å². The summed E-state index contributed by atoms with van der Waals surface area (Å²) in [6, 6.07) is 18.1. The summed E-state index contributed by atoms with van der Waals surface area (Å²) in [6.45, 7) is 0. The van der Waals surface area contributed by atoms with Crippen molar-refractivity contribution >= 4 is 15.9 Å². The van der Waals surface area contributed by atoms with Crippen LogP contribution in [0.25, 0.3) is 0 Å². The minimum atomic E-state index is -0.139. The molecule has 0 aromatic heterocycles. The van der Waals surface area contributed by atoms with Gasteiger partial charge in [0.1, 0.15) is 5.75 Å². The van der Waals surface area contributed by atoms with Crippen LogP contribution in [-0.4, -0.2) is 7.11 Å². The summed E-state index contributed by atoms with van der Waals surface area (Å²) in [5.41, 5.74) is 2.14. The first-order chi connectivity index (χ1) is 9.22. The van der Waals surface area contributed by atoms with Gasteiger partial charge in [0, 0.05) is 4.47 Å². The van der Waals surface area contributed by atoms with Crippen molar-refractivity contribution in [1.82, 2.24) is 0 Å². The first-order valence-electron chi connectivity index (χ1n) is 6.01. The van der Waals surface area contributed by atoms with Crippen LogP contribution in [0.5, 0.6) is 5.75 Å². The van der Waals surface area contributed by atoms with E-state index in [1.54, 1.807) is 7.11 Å². The van der Waals surface area contributed by atoms with E-state index in [9.17, 15) is 5.26 Å². The van der Waals surface area contributed by atoms with E-state index >= 15 is 0 Å². The maximum atomic E-state index is 9.34. The Morgan fingerprint density at radius 3 is 2.58 bits per heavy atom. The van der Waals surface area contributed by atoms with Gasteiger partial charge in [0.25, 0.3) is 0 Å². The van der Waals surface area contributed by atoms with Gasteiger partial charge in [0.05, 0.1) is 19.1 Å². The fourth-order valence-electron chi connectivity index (χ4n) is 1.97. The van der Waals surface area contributed by atoms with E-state index in [0.29, 0.717) is 6.42 Å². The lowest BCUT2D eigenvalue weighted by atomic mass is 9.93. The lowest BCUT2D eigenvalue weighted by molar-refractivity contribution is 0.414. The van der Waals surface area contributed by atoms with E-state index < -0.39 is 0 Å². The minimum Gasteiger partial charge on any atom is -0.497 e. The molecule has 0 radical (unpaired) electrons. The number of hydrogen-bond acceptors (Lipinski definition) is 2. The molecular weight excluding hydrogens is 302 g/mol. The zero-order valence-corrected chi connectivity index (χ0v) is 12.2. The molecule has 0 aliphatic carbocycles. The van der Waals surface area contributed by atoms with Crippen molar-refractivity contribution in [3.05, 3.63) is 64.1 Å². The van der Waals surface area contributed by atoms with Crippen molar-refractivity contribution in [2.45, 2.75) is 12.3 Å². The average molecular weight is 316 g/mol. The summed E-state index contributed by atoms with van der Waals surface area (Å²) in [5.74, 6) is 0.685. The lowest BCUT2D eigenvalue weighted by Crippen LogP contribution is -2.00. The molecule has 3 heteroatoms. The number of nitriles is 1. The summed E-state index contributed by atoms with van der Waals surface area (Å²) in [4.78, 5) is 0. The molecule has 19 heavy (non-hydrogen) atoms. The molecule has 96 valence electrons. The Morgan fingerprint density at radius 2 is 1.95 bits per heavy atom. The molecule has 2 aromatic carbocycles. The monoisotopic (exact) mass is 315 g/mol. The van der Waals surface area contributed by atoms with Crippen molar-refractivity contribution in [2.75, 3.05) is 7.11 Å². The van der Waals surface area contributed by atoms with E-state index in [1.807, 2.05) is 48.5 Å². The van der Waals surface area contributed by atoms with Crippen molar-refractivity contribution < 1.29 is 4.74 Å². The molecule has 0 aliphatic rings. The van der Waals surface area contributed by atoms with E-state index in [1.165, 1.54) is 0 Å². The second-order valence-electron chi connectivity index (χ2n) is 4.29. The highest BCUT2D eigenvalue weighted by Gasteiger charge is 2.11. The molecule has 0 spiro atoms. The summed E-state index contributed by atoms with van der Waals surface area (Å²) in [5, 5.41) is 9.34. The topological polar surface area (TPSA) is 33.0 Å². The number of rotatable bonds is 4. The summed E-state index contributed by atoms with van der Waals surface area (Å²) < 4.78 is 6.22. The van der Waals surface area contributed by atoms with Gasteiger partial charge in [-0.2, -0.15) is 5.26 Å².